The Kier molecular flexibility index (Phi) is 6.03. The summed E-state index contributed by atoms with van der Waals surface area (Å²) in [5.41, 5.74) is -0.185. The lowest BCUT2D eigenvalue weighted by Crippen LogP contribution is -2.33. The molecule has 2 aromatic rings. The summed E-state index contributed by atoms with van der Waals surface area (Å²) in [4.78, 5) is 12.2. The Morgan fingerprint density at radius 2 is 1.75 bits per heavy atom. The number of hydrogen-bond donors (Lipinski definition) is 1. The van der Waals surface area contributed by atoms with Crippen molar-refractivity contribution in [1.29, 1.82) is 0 Å². The van der Waals surface area contributed by atoms with E-state index in [0.717, 1.165) is 4.68 Å². The van der Waals surface area contributed by atoms with E-state index in [1.165, 1.54) is 30.5 Å². The van der Waals surface area contributed by atoms with E-state index in [9.17, 15) is 13.2 Å². The number of sulfonamides is 1. The van der Waals surface area contributed by atoms with E-state index in [-0.39, 0.29) is 21.0 Å². The van der Waals surface area contributed by atoms with E-state index in [1.54, 1.807) is 0 Å². The second-order valence-electron chi connectivity index (χ2n) is 5.15. The molecule has 0 radical (unpaired) electrons. The van der Waals surface area contributed by atoms with Gasteiger partial charge >= 0.3 is 0 Å². The number of halogens is 2. The van der Waals surface area contributed by atoms with Gasteiger partial charge in [-0.05, 0) is 37.1 Å². The van der Waals surface area contributed by atoms with Gasteiger partial charge < -0.3 is 0 Å². The normalized spacial score (nSPS) is 11.9. The lowest BCUT2D eigenvalue weighted by atomic mass is 10.2. The summed E-state index contributed by atoms with van der Waals surface area (Å²) in [7, 11) is -3.61. The first kappa shape index (κ1) is 18.9. The molecule has 0 spiro atoms. The molecule has 0 unspecified atom stereocenters. The Labute approximate surface area is 150 Å². The van der Waals surface area contributed by atoms with Crippen molar-refractivity contribution in [3.8, 4) is 5.69 Å². The number of aromatic nitrogens is 2. The molecule has 24 heavy (non-hydrogen) atoms. The molecule has 0 saturated carbocycles. The van der Waals surface area contributed by atoms with Crippen molar-refractivity contribution in [2.24, 2.45) is 0 Å². The fourth-order valence-corrected chi connectivity index (χ4v) is 3.76. The summed E-state index contributed by atoms with van der Waals surface area (Å²) in [6.07, 6.45) is 2.66. The third-order valence-electron chi connectivity index (χ3n) is 3.58. The van der Waals surface area contributed by atoms with Gasteiger partial charge in [-0.1, -0.05) is 37.0 Å². The van der Waals surface area contributed by atoms with Gasteiger partial charge in [-0.2, -0.15) is 9.78 Å². The molecule has 9 heteroatoms. The van der Waals surface area contributed by atoms with Crippen LogP contribution < -0.4 is 10.3 Å². The molecular weight excluding hydrogens is 373 g/mol. The number of nitrogens with zero attached hydrogens (tertiary/aromatic N) is 2. The zero-order chi connectivity index (χ0) is 17.9. The predicted molar refractivity (Wildman–Crippen MR) is 94.5 cm³/mol. The molecule has 0 aliphatic carbocycles. The van der Waals surface area contributed by atoms with Gasteiger partial charge in [0, 0.05) is 6.04 Å². The number of hydrogen-bond acceptors (Lipinski definition) is 4. The molecule has 0 bridgehead atoms. The molecule has 6 nitrogen and oxygen atoms in total. The molecule has 0 aliphatic heterocycles. The van der Waals surface area contributed by atoms with Crippen molar-refractivity contribution >= 4 is 33.2 Å². The molecule has 0 saturated heterocycles. The fourth-order valence-electron chi connectivity index (χ4n) is 2.11. The van der Waals surface area contributed by atoms with Crippen LogP contribution in [0.15, 0.2) is 40.2 Å². The highest BCUT2D eigenvalue weighted by Crippen LogP contribution is 2.17. The maximum absolute atomic E-state index is 12.3. The van der Waals surface area contributed by atoms with Crippen molar-refractivity contribution in [2.45, 2.75) is 37.6 Å². The third kappa shape index (κ3) is 3.97. The quantitative estimate of drug-likeness (QED) is 0.822. The van der Waals surface area contributed by atoms with Gasteiger partial charge in [-0.25, -0.2) is 13.1 Å². The molecule has 0 atom stereocenters. The molecule has 130 valence electrons. The zero-order valence-corrected chi connectivity index (χ0v) is 15.5. The van der Waals surface area contributed by atoms with Crippen LogP contribution in [0.1, 0.15) is 26.7 Å². The van der Waals surface area contributed by atoms with Gasteiger partial charge in [0.05, 0.1) is 21.8 Å². The zero-order valence-electron chi connectivity index (χ0n) is 13.2. The van der Waals surface area contributed by atoms with E-state index in [1.807, 2.05) is 13.8 Å². The van der Waals surface area contributed by atoms with E-state index in [4.69, 9.17) is 23.2 Å². The second-order valence-corrected chi connectivity index (χ2v) is 7.65. The smallest absolute Gasteiger partial charge is 0.266 e. The first-order chi connectivity index (χ1) is 11.3. The van der Waals surface area contributed by atoms with Gasteiger partial charge in [0.2, 0.25) is 10.0 Å². The minimum Gasteiger partial charge on any atom is -0.266 e. The average Bonchev–Trinajstić information content (AvgIpc) is 2.58. The lowest BCUT2D eigenvalue weighted by Gasteiger charge is -2.15. The van der Waals surface area contributed by atoms with Gasteiger partial charge in [0.1, 0.15) is 5.02 Å². The van der Waals surface area contributed by atoms with Crippen LogP contribution in [-0.4, -0.2) is 24.2 Å². The Bertz CT molecular complexity index is 876. The highest BCUT2D eigenvalue weighted by Gasteiger charge is 2.18. The van der Waals surface area contributed by atoms with Crippen LogP contribution in [0.5, 0.6) is 0 Å². The molecule has 0 amide bonds. The summed E-state index contributed by atoms with van der Waals surface area (Å²) in [6.45, 7) is 3.84. The van der Waals surface area contributed by atoms with Crippen molar-refractivity contribution in [2.75, 3.05) is 0 Å². The van der Waals surface area contributed by atoms with Gasteiger partial charge in [0.25, 0.3) is 5.56 Å². The largest absolute Gasteiger partial charge is 0.291 e. The van der Waals surface area contributed by atoms with E-state index in [0.29, 0.717) is 18.5 Å². The van der Waals surface area contributed by atoms with Crippen LogP contribution in [0, 0.1) is 0 Å². The summed E-state index contributed by atoms with van der Waals surface area (Å²) < 4.78 is 28.4. The molecule has 1 aromatic heterocycles. The SMILES string of the molecule is CCC(CC)NS(=O)(=O)c1ccc(-n2ncc(Cl)c(Cl)c2=O)cc1. The van der Waals surface area contributed by atoms with Crippen molar-refractivity contribution in [3.63, 3.8) is 0 Å². The predicted octanol–water partition coefficient (Wildman–Crippen LogP) is 3.01. The van der Waals surface area contributed by atoms with E-state index < -0.39 is 15.6 Å². The van der Waals surface area contributed by atoms with Crippen molar-refractivity contribution < 1.29 is 8.42 Å². The molecule has 2 rings (SSSR count). The minimum absolute atomic E-state index is 0.0616. The Morgan fingerprint density at radius 1 is 1.17 bits per heavy atom. The third-order valence-corrected chi connectivity index (χ3v) is 5.86. The van der Waals surface area contributed by atoms with Crippen LogP contribution >= 0.6 is 23.2 Å². The molecular formula is C15H17Cl2N3O3S. The molecule has 1 N–H and O–H groups in total. The maximum atomic E-state index is 12.3. The Balaban J connectivity index is 2.35. The summed E-state index contributed by atoms with van der Waals surface area (Å²) in [5, 5.41) is 3.82. The van der Waals surface area contributed by atoms with Crippen LogP contribution in [0.3, 0.4) is 0 Å². The van der Waals surface area contributed by atoms with Crippen LogP contribution in [0.2, 0.25) is 10.0 Å². The minimum atomic E-state index is -3.61. The molecule has 1 heterocycles. The molecule has 1 aromatic carbocycles. The van der Waals surface area contributed by atoms with Gasteiger partial charge in [0.15, 0.2) is 0 Å². The average molecular weight is 390 g/mol. The summed E-state index contributed by atoms with van der Waals surface area (Å²) in [6, 6.07) is 5.68. The Morgan fingerprint density at radius 3 is 2.29 bits per heavy atom. The summed E-state index contributed by atoms with van der Waals surface area (Å²) in [5.74, 6) is 0. The van der Waals surface area contributed by atoms with Crippen LogP contribution in [0.4, 0.5) is 0 Å². The number of rotatable bonds is 6. The molecule has 0 fully saturated rings. The van der Waals surface area contributed by atoms with Gasteiger partial charge in [-0.15, -0.1) is 0 Å². The number of benzene rings is 1. The second kappa shape index (κ2) is 7.65. The van der Waals surface area contributed by atoms with Gasteiger partial charge in [-0.3, -0.25) is 4.79 Å². The van der Waals surface area contributed by atoms with Crippen LogP contribution in [0.25, 0.3) is 5.69 Å². The van der Waals surface area contributed by atoms with Crippen LogP contribution in [-0.2, 0) is 10.0 Å². The highest BCUT2D eigenvalue weighted by molar-refractivity contribution is 7.89. The first-order valence-electron chi connectivity index (χ1n) is 7.36. The maximum Gasteiger partial charge on any atom is 0.291 e. The monoisotopic (exact) mass is 389 g/mol. The van der Waals surface area contributed by atoms with Crippen molar-refractivity contribution in [3.05, 3.63) is 50.9 Å². The highest BCUT2D eigenvalue weighted by atomic mass is 35.5. The first-order valence-corrected chi connectivity index (χ1v) is 9.60. The topological polar surface area (TPSA) is 81.1 Å². The fraction of sp³-hybridized carbons (Fsp3) is 0.333. The van der Waals surface area contributed by atoms with E-state index in [2.05, 4.69) is 9.82 Å². The van der Waals surface area contributed by atoms with E-state index >= 15 is 0 Å². The standard InChI is InChI=1S/C15H17Cl2N3O3S/c1-3-10(4-2)19-24(22,23)12-7-5-11(6-8-12)20-15(21)14(17)13(16)9-18-20/h5-10,19H,3-4H2,1-2H3. The number of nitrogens with one attached hydrogen (secondary N) is 1. The Hall–Kier alpha value is -1.41. The summed E-state index contributed by atoms with van der Waals surface area (Å²) >= 11 is 11.6. The molecule has 0 aliphatic rings. The van der Waals surface area contributed by atoms with Crippen molar-refractivity contribution in [1.82, 2.24) is 14.5 Å². The lowest BCUT2D eigenvalue weighted by molar-refractivity contribution is 0.530.